The summed E-state index contributed by atoms with van der Waals surface area (Å²) in [6.07, 6.45) is 2.18. The van der Waals surface area contributed by atoms with E-state index in [1.165, 1.54) is 0 Å². The number of hydrogen-bond donors (Lipinski definition) is 3. The van der Waals surface area contributed by atoms with Crippen LogP contribution in [0.1, 0.15) is 50.5 Å². The lowest BCUT2D eigenvalue weighted by Gasteiger charge is -2.28. The first-order valence-electron chi connectivity index (χ1n) is 10.8. The molecule has 2 heterocycles. The quantitative estimate of drug-likeness (QED) is 0.435. The van der Waals surface area contributed by atoms with Crippen LogP contribution in [0.5, 0.6) is 0 Å². The van der Waals surface area contributed by atoms with Crippen LogP contribution in [0.2, 0.25) is 0 Å². The number of hydrogen-bond acceptors (Lipinski definition) is 4. The highest BCUT2D eigenvalue weighted by atomic mass is 16.3. The van der Waals surface area contributed by atoms with Crippen molar-refractivity contribution in [1.82, 2.24) is 15.5 Å². The molecule has 0 bridgehead atoms. The van der Waals surface area contributed by atoms with E-state index in [0.717, 1.165) is 42.6 Å². The third-order valence-corrected chi connectivity index (χ3v) is 5.51. The van der Waals surface area contributed by atoms with Gasteiger partial charge in [0.1, 0.15) is 5.76 Å². The topological polar surface area (TPSA) is 81.9 Å². The molecule has 162 valence electrons. The fourth-order valence-electron chi connectivity index (χ4n) is 3.95. The average molecular weight is 412 g/mol. The van der Waals surface area contributed by atoms with Gasteiger partial charge in [-0.1, -0.05) is 32.0 Å². The molecule has 0 fully saturated rings. The van der Waals surface area contributed by atoms with E-state index in [-0.39, 0.29) is 17.9 Å². The minimum absolute atomic E-state index is 0.0573. The second-order valence-electron chi connectivity index (χ2n) is 7.39. The van der Waals surface area contributed by atoms with E-state index in [0.29, 0.717) is 19.5 Å². The maximum atomic E-state index is 12.1. The monoisotopic (exact) mass is 411 g/mol. The van der Waals surface area contributed by atoms with E-state index in [1.807, 2.05) is 30.3 Å². The molecule has 1 aliphatic heterocycles. The average Bonchev–Trinajstić information content (AvgIpc) is 3.29. The molecule has 3 rings (SSSR count). The van der Waals surface area contributed by atoms with Crippen LogP contribution >= 0.6 is 0 Å². The van der Waals surface area contributed by atoms with Crippen LogP contribution in [-0.4, -0.2) is 49.5 Å². The van der Waals surface area contributed by atoms with Crippen LogP contribution in [0, 0.1) is 0 Å². The molecule has 0 saturated heterocycles. The smallest absolute Gasteiger partial charge is 0.225 e. The van der Waals surface area contributed by atoms with Gasteiger partial charge in [0.2, 0.25) is 5.91 Å². The van der Waals surface area contributed by atoms with E-state index < -0.39 is 0 Å². The summed E-state index contributed by atoms with van der Waals surface area (Å²) in [5.74, 6) is 1.85. The number of furan rings is 1. The maximum absolute atomic E-state index is 12.1. The number of carbonyl (C=O) groups excluding carboxylic acids is 1. The molecule has 0 spiro atoms. The van der Waals surface area contributed by atoms with E-state index >= 15 is 0 Å². The molecule has 7 nitrogen and oxygen atoms in total. The van der Waals surface area contributed by atoms with Crippen LogP contribution < -0.4 is 16.0 Å². The van der Waals surface area contributed by atoms with Crippen molar-refractivity contribution in [2.45, 2.75) is 39.2 Å². The molecule has 0 radical (unpaired) electrons. The molecule has 0 saturated carbocycles. The SMILES string of the molecule is CCNC(=NCC(c1ccco1)N(CC)CC)NCC1CC(=O)Nc2ccccc21. The van der Waals surface area contributed by atoms with Gasteiger partial charge in [0.05, 0.1) is 18.8 Å². The number of nitrogens with one attached hydrogen (secondary N) is 3. The molecule has 2 aromatic rings. The van der Waals surface area contributed by atoms with Gasteiger partial charge in [-0.2, -0.15) is 0 Å². The summed E-state index contributed by atoms with van der Waals surface area (Å²) in [4.78, 5) is 19.3. The van der Waals surface area contributed by atoms with Crippen molar-refractivity contribution in [2.75, 3.05) is 38.0 Å². The number of para-hydroxylation sites is 1. The van der Waals surface area contributed by atoms with Crippen LogP contribution in [0.4, 0.5) is 5.69 Å². The largest absolute Gasteiger partial charge is 0.468 e. The highest BCUT2D eigenvalue weighted by molar-refractivity contribution is 5.94. The van der Waals surface area contributed by atoms with Gasteiger partial charge >= 0.3 is 0 Å². The van der Waals surface area contributed by atoms with Gasteiger partial charge in [0.25, 0.3) is 0 Å². The molecule has 1 aromatic carbocycles. The predicted octanol–water partition coefficient (Wildman–Crippen LogP) is 3.34. The van der Waals surface area contributed by atoms with Crippen LogP contribution in [0.25, 0.3) is 0 Å². The van der Waals surface area contributed by atoms with Gasteiger partial charge < -0.3 is 20.4 Å². The zero-order valence-electron chi connectivity index (χ0n) is 18.1. The number of nitrogens with zero attached hydrogens (tertiary/aromatic N) is 2. The summed E-state index contributed by atoms with van der Waals surface area (Å²) in [6, 6.07) is 12.0. The predicted molar refractivity (Wildman–Crippen MR) is 121 cm³/mol. The Morgan fingerprint density at radius 2 is 2.00 bits per heavy atom. The number of likely N-dealkylation sites (N-methyl/N-ethyl adjacent to an activating group) is 1. The molecule has 2 unspecified atom stereocenters. The Hall–Kier alpha value is -2.80. The lowest BCUT2D eigenvalue weighted by Crippen LogP contribution is -2.41. The fraction of sp³-hybridized carbons (Fsp3) is 0.478. The Kier molecular flexibility index (Phi) is 7.90. The Bertz CT molecular complexity index is 830. The number of anilines is 1. The molecule has 1 aliphatic rings. The molecule has 1 amide bonds. The van der Waals surface area contributed by atoms with Crippen molar-refractivity contribution < 1.29 is 9.21 Å². The van der Waals surface area contributed by atoms with E-state index in [1.54, 1.807) is 6.26 Å². The van der Waals surface area contributed by atoms with Crippen molar-refractivity contribution in [3.63, 3.8) is 0 Å². The number of fused-ring (bicyclic) bond motifs is 1. The van der Waals surface area contributed by atoms with Gasteiger partial charge in [-0.3, -0.25) is 14.7 Å². The highest BCUT2D eigenvalue weighted by Gasteiger charge is 2.25. The zero-order chi connectivity index (χ0) is 21.3. The Morgan fingerprint density at radius 1 is 1.20 bits per heavy atom. The molecule has 0 aliphatic carbocycles. The first-order valence-corrected chi connectivity index (χ1v) is 10.8. The van der Waals surface area contributed by atoms with Crippen molar-refractivity contribution in [1.29, 1.82) is 0 Å². The van der Waals surface area contributed by atoms with Crippen molar-refractivity contribution >= 4 is 17.6 Å². The first kappa shape index (κ1) is 21.9. The lowest BCUT2D eigenvalue weighted by atomic mass is 9.90. The van der Waals surface area contributed by atoms with Crippen molar-refractivity contribution in [3.8, 4) is 0 Å². The molecule has 1 aromatic heterocycles. The summed E-state index contributed by atoms with van der Waals surface area (Å²) in [6.45, 7) is 10.2. The molecule has 7 heteroatoms. The van der Waals surface area contributed by atoms with Crippen LogP contribution in [0.15, 0.2) is 52.1 Å². The summed E-state index contributed by atoms with van der Waals surface area (Å²) >= 11 is 0. The van der Waals surface area contributed by atoms with E-state index in [9.17, 15) is 4.79 Å². The molecule has 2 atom stereocenters. The van der Waals surface area contributed by atoms with Crippen LogP contribution in [-0.2, 0) is 4.79 Å². The summed E-state index contributed by atoms with van der Waals surface area (Å²) in [5, 5.41) is 9.71. The van der Waals surface area contributed by atoms with Crippen LogP contribution in [0.3, 0.4) is 0 Å². The number of benzene rings is 1. The van der Waals surface area contributed by atoms with Gasteiger partial charge in [-0.05, 0) is 43.8 Å². The zero-order valence-corrected chi connectivity index (χ0v) is 18.1. The minimum atomic E-state index is 0.0573. The third-order valence-electron chi connectivity index (χ3n) is 5.51. The first-order chi connectivity index (χ1) is 14.7. The standard InChI is InChI=1S/C23H33N5O2/c1-4-24-23(26-16-20(28(5-2)6-3)21-12-9-13-30-21)25-15-17-14-22(29)27-19-11-8-7-10-18(17)19/h7-13,17,20H,4-6,14-16H2,1-3H3,(H,27,29)(H2,24,25,26). The molecule has 30 heavy (non-hydrogen) atoms. The van der Waals surface area contributed by atoms with E-state index in [2.05, 4.69) is 47.7 Å². The number of aliphatic imine (C=N–C) groups is 1. The molecular formula is C23H33N5O2. The summed E-state index contributed by atoms with van der Waals surface area (Å²) in [7, 11) is 0. The maximum Gasteiger partial charge on any atom is 0.225 e. The molecular weight excluding hydrogens is 378 g/mol. The van der Waals surface area contributed by atoms with Crippen molar-refractivity contribution in [2.24, 2.45) is 4.99 Å². The fourth-order valence-corrected chi connectivity index (χ4v) is 3.95. The summed E-state index contributed by atoms with van der Waals surface area (Å²) in [5.41, 5.74) is 2.07. The van der Waals surface area contributed by atoms with Gasteiger partial charge in [-0.25, -0.2) is 0 Å². The molecule has 3 N–H and O–H groups in total. The normalized spacial score (nSPS) is 17.4. The number of rotatable bonds is 9. The number of amides is 1. The minimum Gasteiger partial charge on any atom is -0.468 e. The lowest BCUT2D eigenvalue weighted by molar-refractivity contribution is -0.116. The second-order valence-corrected chi connectivity index (χ2v) is 7.39. The highest BCUT2D eigenvalue weighted by Crippen LogP contribution is 2.31. The Morgan fingerprint density at radius 3 is 2.70 bits per heavy atom. The third kappa shape index (κ3) is 5.42. The Balaban J connectivity index is 1.71. The van der Waals surface area contributed by atoms with E-state index in [4.69, 9.17) is 9.41 Å². The van der Waals surface area contributed by atoms with Crippen molar-refractivity contribution in [3.05, 3.63) is 54.0 Å². The second kappa shape index (κ2) is 10.8. The van der Waals surface area contributed by atoms with Gasteiger partial charge in [0.15, 0.2) is 5.96 Å². The van der Waals surface area contributed by atoms with Gasteiger partial charge in [-0.15, -0.1) is 0 Å². The summed E-state index contributed by atoms with van der Waals surface area (Å²) < 4.78 is 5.68. The number of carbonyl (C=O) groups is 1. The Labute approximate surface area is 178 Å². The number of guanidine groups is 1. The van der Waals surface area contributed by atoms with Gasteiger partial charge in [0, 0.05) is 31.1 Å².